The normalized spacial score (nSPS) is 25.1. The summed E-state index contributed by atoms with van der Waals surface area (Å²) in [5.74, 6) is -2.73. The number of hydrogen-bond donors (Lipinski definition) is 2. The SMILES string of the molecule is CC1(C)S[C@H]2[C@@H](NC(=O)[C@@H](NC(=O)N3CCN(S(C)(=O)=O)C3=O)c3ccccc3)C(=O)N2[C@H]1C(=O)[O-].[Na+]. The van der Waals surface area contributed by atoms with Crippen molar-refractivity contribution in [2.45, 2.75) is 42.1 Å². The number of thioether (sulfide) groups is 1. The zero-order chi connectivity index (χ0) is 26.6. The van der Waals surface area contributed by atoms with Crippen molar-refractivity contribution in [3.05, 3.63) is 35.9 Å². The number of β-lactam (4-membered cyclic amide) rings is 1. The molecule has 2 N–H and O–H groups in total. The molecule has 194 valence electrons. The summed E-state index contributed by atoms with van der Waals surface area (Å²) in [6.07, 6.45) is 0.846. The van der Waals surface area contributed by atoms with Crippen molar-refractivity contribution < 1.29 is 67.1 Å². The van der Waals surface area contributed by atoms with Gasteiger partial charge in [-0.15, -0.1) is 11.8 Å². The summed E-state index contributed by atoms with van der Waals surface area (Å²) < 4.78 is 23.2. The molecule has 3 saturated heterocycles. The molecule has 37 heavy (non-hydrogen) atoms. The van der Waals surface area contributed by atoms with Gasteiger partial charge in [-0.05, 0) is 19.4 Å². The van der Waals surface area contributed by atoms with Gasteiger partial charge in [0.05, 0.1) is 31.4 Å². The van der Waals surface area contributed by atoms with Crippen LogP contribution in [0.15, 0.2) is 30.3 Å². The van der Waals surface area contributed by atoms with Gasteiger partial charge in [-0.25, -0.2) is 27.2 Å². The summed E-state index contributed by atoms with van der Waals surface area (Å²) in [4.78, 5) is 64.8. The number of carboxylic acid groups (broad SMARTS) is 1. The first kappa shape index (κ1) is 29.2. The van der Waals surface area contributed by atoms with Gasteiger partial charge in [0.15, 0.2) is 0 Å². The van der Waals surface area contributed by atoms with Crippen LogP contribution in [0.5, 0.6) is 0 Å². The first-order chi connectivity index (χ1) is 16.7. The maximum atomic E-state index is 13.3. The van der Waals surface area contributed by atoms with Crippen LogP contribution < -0.4 is 45.3 Å². The molecular weight excluding hydrogens is 537 g/mol. The van der Waals surface area contributed by atoms with Crippen molar-refractivity contribution in [3.8, 4) is 0 Å². The van der Waals surface area contributed by atoms with E-state index in [-0.39, 0.29) is 42.6 Å². The zero-order valence-electron chi connectivity index (χ0n) is 20.5. The van der Waals surface area contributed by atoms with Crippen molar-refractivity contribution in [1.82, 2.24) is 24.7 Å². The Hall–Kier alpha value is -2.33. The number of carboxylic acids is 1. The zero-order valence-corrected chi connectivity index (χ0v) is 24.2. The Morgan fingerprint density at radius 2 is 1.76 bits per heavy atom. The number of sulfonamides is 1. The van der Waals surface area contributed by atoms with Crippen LogP contribution in [0.1, 0.15) is 25.5 Å². The summed E-state index contributed by atoms with van der Waals surface area (Å²) in [6.45, 7) is 2.92. The summed E-state index contributed by atoms with van der Waals surface area (Å²) in [5.41, 5.74) is 0.352. The fourth-order valence-electron chi connectivity index (χ4n) is 4.52. The Labute approximate surface area is 239 Å². The van der Waals surface area contributed by atoms with E-state index in [0.29, 0.717) is 14.8 Å². The van der Waals surface area contributed by atoms with E-state index in [4.69, 9.17) is 0 Å². The maximum Gasteiger partial charge on any atom is 1.00 e. The van der Waals surface area contributed by atoms with Crippen LogP contribution in [0.2, 0.25) is 0 Å². The van der Waals surface area contributed by atoms with Crippen LogP contribution in [0.3, 0.4) is 0 Å². The number of nitrogens with one attached hydrogen (secondary N) is 2. The fraction of sp³-hybridized carbons (Fsp3) is 0.476. The first-order valence-electron chi connectivity index (χ1n) is 10.9. The fourth-order valence-corrected chi connectivity index (χ4v) is 6.94. The molecule has 3 fully saturated rings. The van der Waals surface area contributed by atoms with Gasteiger partial charge in [-0.2, -0.15) is 0 Å². The third kappa shape index (κ3) is 5.32. The molecule has 1 aromatic rings. The molecule has 4 atom stereocenters. The average Bonchev–Trinajstić information content (AvgIpc) is 3.31. The number of carbonyl (C=O) groups excluding carboxylic acids is 5. The molecule has 3 heterocycles. The van der Waals surface area contributed by atoms with Gasteiger partial charge in [-0.1, -0.05) is 30.3 Å². The Morgan fingerprint density at radius 1 is 1.14 bits per heavy atom. The molecule has 0 unspecified atom stereocenters. The molecule has 0 radical (unpaired) electrons. The number of benzene rings is 1. The third-order valence-electron chi connectivity index (χ3n) is 6.24. The van der Waals surface area contributed by atoms with Crippen molar-refractivity contribution in [3.63, 3.8) is 0 Å². The summed E-state index contributed by atoms with van der Waals surface area (Å²) >= 11 is 1.22. The van der Waals surface area contributed by atoms with Gasteiger partial charge in [0, 0.05) is 4.75 Å². The molecule has 0 aliphatic carbocycles. The molecule has 4 rings (SSSR count). The predicted molar refractivity (Wildman–Crippen MR) is 124 cm³/mol. The van der Waals surface area contributed by atoms with E-state index in [1.165, 1.54) is 16.7 Å². The monoisotopic (exact) mass is 561 g/mol. The quantitative estimate of drug-likeness (QED) is 0.256. The number of imide groups is 1. The molecule has 0 saturated carbocycles. The van der Waals surface area contributed by atoms with Crippen LogP contribution in [0.4, 0.5) is 9.59 Å². The number of aliphatic carboxylic acids is 1. The molecule has 0 spiro atoms. The Morgan fingerprint density at radius 3 is 2.30 bits per heavy atom. The molecule has 13 nitrogen and oxygen atoms in total. The number of rotatable bonds is 6. The van der Waals surface area contributed by atoms with Crippen LogP contribution >= 0.6 is 11.8 Å². The van der Waals surface area contributed by atoms with Gasteiger partial charge in [0.25, 0.3) is 0 Å². The van der Waals surface area contributed by atoms with Crippen LogP contribution in [-0.2, 0) is 24.4 Å². The molecule has 3 aliphatic heterocycles. The van der Waals surface area contributed by atoms with Crippen LogP contribution in [0, 0.1) is 0 Å². The molecule has 0 aromatic heterocycles. The van der Waals surface area contributed by atoms with Gasteiger partial charge in [0.2, 0.25) is 21.8 Å². The van der Waals surface area contributed by atoms with Crippen molar-refractivity contribution in [2.24, 2.45) is 0 Å². The molecule has 6 amide bonds. The van der Waals surface area contributed by atoms with E-state index in [1.807, 2.05) is 0 Å². The molecule has 1 aromatic carbocycles. The van der Waals surface area contributed by atoms with E-state index in [0.717, 1.165) is 6.26 Å². The van der Waals surface area contributed by atoms with Gasteiger partial charge in [0.1, 0.15) is 17.5 Å². The minimum atomic E-state index is -3.87. The average molecular weight is 562 g/mol. The Bertz CT molecular complexity index is 1240. The van der Waals surface area contributed by atoms with E-state index >= 15 is 0 Å². The molecular formula is C21H24N5NaO8S2. The van der Waals surface area contributed by atoms with E-state index in [1.54, 1.807) is 44.2 Å². The van der Waals surface area contributed by atoms with Crippen molar-refractivity contribution in [2.75, 3.05) is 19.3 Å². The van der Waals surface area contributed by atoms with Crippen molar-refractivity contribution in [1.29, 1.82) is 0 Å². The number of carbonyl (C=O) groups is 5. The minimum absolute atomic E-state index is 0. The largest absolute Gasteiger partial charge is 1.00 e. The number of urea groups is 2. The van der Waals surface area contributed by atoms with Crippen molar-refractivity contribution >= 4 is 51.6 Å². The number of fused-ring (bicyclic) bond motifs is 1. The van der Waals surface area contributed by atoms with E-state index in [2.05, 4.69) is 10.6 Å². The first-order valence-corrected chi connectivity index (χ1v) is 13.6. The number of amides is 6. The summed E-state index contributed by atoms with van der Waals surface area (Å²) in [5, 5.41) is 16.0. The topological polar surface area (TPSA) is 176 Å². The van der Waals surface area contributed by atoms with Crippen LogP contribution in [0.25, 0.3) is 0 Å². The second-order valence-electron chi connectivity index (χ2n) is 9.13. The van der Waals surface area contributed by atoms with E-state index < -0.39 is 68.1 Å². The van der Waals surface area contributed by atoms with Gasteiger partial charge >= 0.3 is 41.6 Å². The number of nitrogens with zero attached hydrogens (tertiary/aromatic N) is 3. The standard InChI is InChI=1S/C21H25N5O8S2.Na/c1-21(2)14(18(29)30)26-16(28)13(17(26)35-21)22-15(27)12(11-7-5-4-6-8-11)23-19(31)24-9-10-25(20(24)32)36(3,33)34;/h4-8,12-14,17H,9-10H2,1-3H3,(H,22,27)(H,23,31)(H,29,30);/q;+1/p-1/t12-,13-,14-,17-;/m0./s1. The summed E-state index contributed by atoms with van der Waals surface area (Å²) in [6, 6.07) is 2.56. The van der Waals surface area contributed by atoms with Crippen LogP contribution in [-0.4, -0.2) is 93.9 Å². The third-order valence-corrected chi connectivity index (χ3v) is 8.95. The summed E-state index contributed by atoms with van der Waals surface area (Å²) in [7, 11) is -3.87. The van der Waals surface area contributed by atoms with Gasteiger partial charge < -0.3 is 25.4 Å². The second-order valence-corrected chi connectivity index (χ2v) is 12.8. The smallest absolute Gasteiger partial charge is 0.548 e. The molecule has 16 heteroatoms. The Kier molecular flexibility index (Phi) is 8.25. The minimum Gasteiger partial charge on any atom is -0.548 e. The van der Waals surface area contributed by atoms with E-state index in [9.17, 15) is 37.5 Å². The second kappa shape index (κ2) is 10.4. The number of hydrogen-bond acceptors (Lipinski definition) is 9. The molecule has 3 aliphatic rings. The maximum absolute atomic E-state index is 13.3. The predicted octanol–water partition coefficient (Wildman–Crippen LogP) is -4.56. The Balaban J connectivity index is 0.00000380. The van der Waals surface area contributed by atoms with Gasteiger partial charge in [-0.3, -0.25) is 9.59 Å². The molecule has 0 bridgehead atoms.